The molecule has 0 spiro atoms. The highest BCUT2D eigenvalue weighted by Crippen LogP contribution is 2.30. The minimum Gasteiger partial charge on any atom is -0.310 e. The molecule has 0 aliphatic heterocycles. The van der Waals surface area contributed by atoms with Crippen molar-refractivity contribution in [2.24, 2.45) is 7.05 Å². The Balaban J connectivity index is 1.85. The largest absolute Gasteiger partial charge is 0.343 e. The van der Waals surface area contributed by atoms with E-state index in [-0.39, 0.29) is 11.5 Å². The average molecular weight is 294 g/mol. The number of aromatic amines is 1. The maximum atomic E-state index is 14.0. The molecule has 1 aliphatic carbocycles. The molecule has 3 rings (SSSR count). The Morgan fingerprint density at radius 3 is 3.00 bits per heavy atom. The first kappa shape index (κ1) is 13.4. The molecule has 0 unspecified atom stereocenters. The summed E-state index contributed by atoms with van der Waals surface area (Å²) >= 11 is 1.29. The van der Waals surface area contributed by atoms with Crippen LogP contribution in [0, 0.1) is 5.82 Å². The lowest BCUT2D eigenvalue weighted by Crippen LogP contribution is -2.17. The van der Waals surface area contributed by atoms with Gasteiger partial charge >= 0.3 is 5.69 Å². The Morgan fingerprint density at radius 2 is 2.35 bits per heavy atom. The van der Waals surface area contributed by atoms with E-state index in [9.17, 15) is 9.18 Å². The molecule has 0 radical (unpaired) electrons. The van der Waals surface area contributed by atoms with Gasteiger partial charge in [-0.15, -0.1) is 5.10 Å². The van der Waals surface area contributed by atoms with Crippen LogP contribution in [-0.4, -0.2) is 20.8 Å². The fourth-order valence-electron chi connectivity index (χ4n) is 1.86. The first-order chi connectivity index (χ1) is 9.65. The van der Waals surface area contributed by atoms with Gasteiger partial charge in [0.2, 0.25) is 0 Å². The van der Waals surface area contributed by atoms with Gasteiger partial charge in [-0.25, -0.2) is 14.3 Å². The van der Waals surface area contributed by atoms with E-state index < -0.39 is 0 Å². The van der Waals surface area contributed by atoms with Crippen LogP contribution in [0.1, 0.15) is 18.4 Å². The lowest BCUT2D eigenvalue weighted by Gasteiger charge is -2.10. The van der Waals surface area contributed by atoms with E-state index in [0.717, 1.165) is 17.7 Å². The van der Waals surface area contributed by atoms with Crippen molar-refractivity contribution in [2.45, 2.75) is 35.5 Å². The van der Waals surface area contributed by atoms with E-state index >= 15 is 0 Å². The molecule has 0 bridgehead atoms. The number of rotatable bonds is 5. The molecule has 2 N–H and O–H groups in total. The van der Waals surface area contributed by atoms with Crippen LogP contribution in [0.5, 0.6) is 0 Å². The highest BCUT2D eigenvalue weighted by atomic mass is 32.2. The molecule has 7 heteroatoms. The van der Waals surface area contributed by atoms with Crippen LogP contribution in [0.3, 0.4) is 0 Å². The third-order valence-corrected chi connectivity index (χ3v) is 4.41. The molecule has 1 fully saturated rings. The molecule has 0 atom stereocenters. The highest BCUT2D eigenvalue weighted by molar-refractivity contribution is 7.99. The maximum Gasteiger partial charge on any atom is 0.343 e. The Morgan fingerprint density at radius 1 is 1.55 bits per heavy atom. The molecular weight excluding hydrogens is 279 g/mol. The van der Waals surface area contributed by atoms with Crippen LogP contribution in [0.4, 0.5) is 4.39 Å². The fourth-order valence-corrected chi connectivity index (χ4v) is 2.81. The van der Waals surface area contributed by atoms with Gasteiger partial charge in [-0.1, -0.05) is 6.07 Å². The van der Waals surface area contributed by atoms with Crippen LogP contribution in [0.25, 0.3) is 0 Å². The van der Waals surface area contributed by atoms with Crippen LogP contribution < -0.4 is 11.0 Å². The van der Waals surface area contributed by atoms with Crippen molar-refractivity contribution >= 4 is 11.8 Å². The SMILES string of the molecule is Cn1c(Sc2cccc(F)c2CNC2CC2)n[nH]c1=O. The summed E-state index contributed by atoms with van der Waals surface area (Å²) in [4.78, 5) is 12.1. The summed E-state index contributed by atoms with van der Waals surface area (Å²) in [5.41, 5.74) is 0.349. The molecular formula is C13H15FN4OS. The van der Waals surface area contributed by atoms with Crippen molar-refractivity contribution in [2.75, 3.05) is 0 Å². The first-order valence-corrected chi connectivity index (χ1v) is 7.27. The monoisotopic (exact) mass is 294 g/mol. The summed E-state index contributed by atoms with van der Waals surface area (Å²) < 4.78 is 15.4. The molecule has 5 nitrogen and oxygen atoms in total. The van der Waals surface area contributed by atoms with Gasteiger partial charge in [0.1, 0.15) is 5.82 Å². The van der Waals surface area contributed by atoms with Gasteiger partial charge in [0.15, 0.2) is 5.16 Å². The van der Waals surface area contributed by atoms with Crippen molar-refractivity contribution in [3.05, 3.63) is 40.1 Å². The van der Waals surface area contributed by atoms with E-state index in [4.69, 9.17) is 0 Å². The van der Waals surface area contributed by atoms with Crippen LogP contribution in [0.15, 0.2) is 33.0 Å². The zero-order chi connectivity index (χ0) is 14.1. The number of H-pyrrole nitrogens is 1. The maximum absolute atomic E-state index is 14.0. The molecule has 20 heavy (non-hydrogen) atoms. The molecule has 1 heterocycles. The van der Waals surface area contributed by atoms with Gasteiger partial charge in [-0.2, -0.15) is 0 Å². The smallest absolute Gasteiger partial charge is 0.310 e. The van der Waals surface area contributed by atoms with Crippen molar-refractivity contribution in [1.82, 2.24) is 20.1 Å². The van der Waals surface area contributed by atoms with Crippen molar-refractivity contribution in [3.63, 3.8) is 0 Å². The Bertz CT molecular complexity index is 677. The molecule has 1 saturated carbocycles. The number of hydrogen-bond acceptors (Lipinski definition) is 4. The number of nitrogens with one attached hydrogen (secondary N) is 2. The average Bonchev–Trinajstić information content (AvgIpc) is 3.20. The third-order valence-electron chi connectivity index (χ3n) is 3.26. The third kappa shape index (κ3) is 2.78. The van der Waals surface area contributed by atoms with Gasteiger partial charge in [-0.3, -0.25) is 4.57 Å². The van der Waals surface area contributed by atoms with Crippen molar-refractivity contribution in [3.8, 4) is 0 Å². The fraction of sp³-hybridized carbons (Fsp3) is 0.385. The second-order valence-corrected chi connectivity index (χ2v) is 5.85. The molecule has 106 valence electrons. The number of benzene rings is 1. The first-order valence-electron chi connectivity index (χ1n) is 6.45. The van der Waals surface area contributed by atoms with Gasteiger partial charge in [0.25, 0.3) is 0 Å². The van der Waals surface area contributed by atoms with Gasteiger partial charge in [0, 0.05) is 30.1 Å². The predicted molar refractivity (Wildman–Crippen MR) is 74.2 cm³/mol. The van der Waals surface area contributed by atoms with Crippen molar-refractivity contribution < 1.29 is 4.39 Å². The number of nitrogens with zero attached hydrogens (tertiary/aromatic N) is 2. The standard InChI is InChI=1S/C13H15FN4OS/c1-18-12(19)16-17-13(18)20-11-4-2-3-10(14)9(11)7-15-8-5-6-8/h2-4,8,15H,5-7H2,1H3,(H,16,19). The summed E-state index contributed by atoms with van der Waals surface area (Å²) in [6, 6.07) is 5.49. The summed E-state index contributed by atoms with van der Waals surface area (Å²) in [6.45, 7) is 0.498. The quantitative estimate of drug-likeness (QED) is 0.880. The van der Waals surface area contributed by atoms with E-state index in [2.05, 4.69) is 15.5 Å². The number of aromatic nitrogens is 3. The minimum absolute atomic E-state index is 0.233. The topological polar surface area (TPSA) is 62.7 Å². The molecule has 1 aliphatic rings. The zero-order valence-corrected chi connectivity index (χ0v) is 11.8. The predicted octanol–water partition coefficient (Wildman–Crippen LogP) is 1.65. The zero-order valence-electron chi connectivity index (χ0n) is 11.0. The van der Waals surface area contributed by atoms with E-state index in [1.54, 1.807) is 13.1 Å². The Hall–Kier alpha value is -1.60. The van der Waals surface area contributed by atoms with Crippen molar-refractivity contribution in [1.29, 1.82) is 0 Å². The van der Waals surface area contributed by atoms with E-state index in [1.807, 2.05) is 6.07 Å². The van der Waals surface area contributed by atoms with Crippen LogP contribution >= 0.6 is 11.8 Å². The van der Waals surface area contributed by atoms with E-state index in [0.29, 0.717) is 23.3 Å². The lowest BCUT2D eigenvalue weighted by molar-refractivity contribution is 0.579. The van der Waals surface area contributed by atoms with Crippen LogP contribution in [0.2, 0.25) is 0 Å². The van der Waals surface area contributed by atoms with Gasteiger partial charge in [-0.05, 0) is 36.7 Å². The lowest BCUT2D eigenvalue weighted by atomic mass is 10.2. The highest BCUT2D eigenvalue weighted by Gasteiger charge is 2.21. The van der Waals surface area contributed by atoms with Gasteiger partial charge < -0.3 is 5.32 Å². The summed E-state index contributed by atoms with van der Waals surface area (Å²) in [5.74, 6) is -0.233. The number of halogens is 1. The normalized spacial score (nSPS) is 14.7. The molecule has 1 aromatic carbocycles. The molecule has 0 amide bonds. The molecule has 1 aromatic heterocycles. The summed E-state index contributed by atoms with van der Waals surface area (Å²) in [5, 5.41) is 10.1. The number of hydrogen-bond donors (Lipinski definition) is 2. The Kier molecular flexibility index (Phi) is 3.62. The second kappa shape index (κ2) is 5.41. The van der Waals surface area contributed by atoms with E-state index in [1.165, 1.54) is 22.4 Å². The Labute approximate surface area is 119 Å². The summed E-state index contributed by atoms with van der Waals surface area (Å²) in [6.07, 6.45) is 2.32. The van der Waals surface area contributed by atoms with Gasteiger partial charge in [0.05, 0.1) is 0 Å². The molecule has 0 saturated heterocycles. The molecule has 2 aromatic rings. The summed E-state index contributed by atoms with van der Waals surface area (Å²) in [7, 11) is 1.63. The van der Waals surface area contributed by atoms with Crippen LogP contribution in [-0.2, 0) is 13.6 Å². The second-order valence-electron chi connectivity index (χ2n) is 4.84. The minimum atomic E-state index is -0.276.